The average Bonchev–Trinajstić information content (AvgIpc) is 3.50. The standard InChI is InChI=1S/C34H50O10/c1-18-28(42-19(2)35)29(39-6)30(43-20(3)36)31(41-18)44-23-9-12-32(4)22(16-23)7-8-26-25(32)10-13-33(5)24(11-14-34(26,33)38)21-15-27(37)40-17-21/h15,18,22-26,28-31,38H,7-14,16-17H2,1-6H3/t18-,22-,23+,24-,25+,26-,28+,29-,30+,31+,32+,33-,34-/m1/s1. The van der Waals surface area contributed by atoms with Gasteiger partial charge in [-0.3, -0.25) is 9.59 Å². The van der Waals surface area contributed by atoms with E-state index in [1.807, 2.05) is 6.92 Å². The van der Waals surface area contributed by atoms with Crippen molar-refractivity contribution in [2.45, 2.75) is 135 Å². The molecule has 1 saturated heterocycles. The maximum absolute atomic E-state index is 12.5. The monoisotopic (exact) mass is 618 g/mol. The Labute approximate surface area is 260 Å². The van der Waals surface area contributed by atoms with Crippen molar-refractivity contribution in [3.05, 3.63) is 11.6 Å². The summed E-state index contributed by atoms with van der Waals surface area (Å²) < 4.78 is 34.9. The van der Waals surface area contributed by atoms with Crippen LogP contribution < -0.4 is 0 Å². The second-order valence-corrected chi connectivity index (χ2v) is 14.9. The fourth-order valence-corrected chi connectivity index (χ4v) is 10.7. The zero-order chi connectivity index (χ0) is 31.6. The quantitative estimate of drug-likeness (QED) is 0.262. The summed E-state index contributed by atoms with van der Waals surface area (Å²) in [6.07, 6.45) is 6.29. The van der Waals surface area contributed by atoms with E-state index < -0.39 is 48.2 Å². The lowest BCUT2D eigenvalue weighted by atomic mass is 9.43. The maximum Gasteiger partial charge on any atom is 0.331 e. The summed E-state index contributed by atoms with van der Waals surface area (Å²) in [7, 11) is 1.50. The molecule has 0 aromatic rings. The van der Waals surface area contributed by atoms with Gasteiger partial charge in [0, 0.05) is 32.4 Å². The van der Waals surface area contributed by atoms with Crippen LogP contribution in [0.5, 0.6) is 0 Å². The topological polar surface area (TPSA) is 127 Å². The zero-order valence-corrected chi connectivity index (χ0v) is 27.0. The predicted octanol–water partition coefficient (Wildman–Crippen LogP) is 4.25. The number of rotatable bonds is 6. The Balaban J connectivity index is 1.16. The van der Waals surface area contributed by atoms with Crippen molar-refractivity contribution in [2.24, 2.45) is 34.5 Å². The Morgan fingerprint density at radius 3 is 2.32 bits per heavy atom. The third-order valence-corrected chi connectivity index (χ3v) is 12.9. The van der Waals surface area contributed by atoms with Gasteiger partial charge >= 0.3 is 17.9 Å². The van der Waals surface area contributed by atoms with Crippen LogP contribution in [0.1, 0.15) is 92.4 Å². The number of carbonyl (C=O) groups excluding carboxylic acids is 3. The first kappa shape index (κ1) is 32.0. The Bertz CT molecular complexity index is 1180. The first-order valence-electron chi connectivity index (χ1n) is 16.6. The molecule has 6 aliphatic rings. The molecule has 0 radical (unpaired) electrons. The van der Waals surface area contributed by atoms with Crippen molar-refractivity contribution in [3.63, 3.8) is 0 Å². The van der Waals surface area contributed by atoms with Crippen LogP contribution in [0.2, 0.25) is 0 Å². The molecule has 0 aromatic heterocycles. The average molecular weight is 619 g/mol. The summed E-state index contributed by atoms with van der Waals surface area (Å²) in [6, 6.07) is 0. The molecule has 10 heteroatoms. The van der Waals surface area contributed by atoms with Crippen molar-refractivity contribution in [2.75, 3.05) is 13.7 Å². The van der Waals surface area contributed by atoms with E-state index in [-0.39, 0.29) is 34.7 Å². The summed E-state index contributed by atoms with van der Waals surface area (Å²) >= 11 is 0. The van der Waals surface area contributed by atoms with Crippen LogP contribution in [0.3, 0.4) is 0 Å². The minimum Gasteiger partial charge on any atom is -0.458 e. The molecule has 4 aliphatic carbocycles. The van der Waals surface area contributed by atoms with E-state index in [1.165, 1.54) is 21.0 Å². The van der Waals surface area contributed by atoms with Crippen molar-refractivity contribution in [1.82, 2.24) is 0 Å². The second-order valence-electron chi connectivity index (χ2n) is 14.9. The highest BCUT2D eigenvalue weighted by atomic mass is 16.7. The largest absolute Gasteiger partial charge is 0.458 e. The van der Waals surface area contributed by atoms with Gasteiger partial charge in [-0.1, -0.05) is 13.8 Å². The van der Waals surface area contributed by atoms with Gasteiger partial charge in [0.25, 0.3) is 0 Å². The Hall–Kier alpha value is -2.01. The lowest BCUT2D eigenvalue weighted by Gasteiger charge is -2.64. The molecule has 44 heavy (non-hydrogen) atoms. The van der Waals surface area contributed by atoms with E-state index in [9.17, 15) is 19.5 Å². The van der Waals surface area contributed by atoms with Crippen LogP contribution >= 0.6 is 0 Å². The molecule has 246 valence electrons. The number of aliphatic hydroxyl groups is 1. The molecule has 5 fully saturated rings. The molecule has 4 saturated carbocycles. The zero-order valence-electron chi connectivity index (χ0n) is 27.0. The summed E-state index contributed by atoms with van der Waals surface area (Å²) in [6.45, 7) is 9.52. The molecular formula is C34H50O10. The van der Waals surface area contributed by atoms with Crippen molar-refractivity contribution in [3.8, 4) is 0 Å². The summed E-state index contributed by atoms with van der Waals surface area (Å²) in [5.41, 5.74) is 0.159. The summed E-state index contributed by atoms with van der Waals surface area (Å²) in [5.74, 6) is 0.0897. The molecule has 0 amide bonds. The molecule has 0 bridgehead atoms. The lowest BCUT2D eigenvalue weighted by Crippen LogP contribution is -2.63. The number of hydrogen-bond acceptors (Lipinski definition) is 10. The fourth-order valence-electron chi connectivity index (χ4n) is 10.7. The van der Waals surface area contributed by atoms with Gasteiger partial charge in [-0.15, -0.1) is 0 Å². The molecule has 0 unspecified atom stereocenters. The highest BCUT2D eigenvalue weighted by Gasteiger charge is 2.68. The van der Waals surface area contributed by atoms with Crippen molar-refractivity contribution < 1.29 is 47.9 Å². The number of methoxy groups -OCH3 is 1. The van der Waals surface area contributed by atoms with Gasteiger partial charge in [0.05, 0.1) is 17.8 Å². The number of ether oxygens (including phenoxy) is 6. The molecule has 2 heterocycles. The molecule has 0 spiro atoms. The highest BCUT2D eigenvalue weighted by molar-refractivity contribution is 5.85. The van der Waals surface area contributed by atoms with Crippen LogP contribution in [0.25, 0.3) is 0 Å². The molecule has 0 aromatic carbocycles. The fraction of sp³-hybridized carbons (Fsp3) is 0.853. The normalized spacial score (nSPS) is 48.3. The molecule has 2 aliphatic heterocycles. The van der Waals surface area contributed by atoms with Crippen LogP contribution in [-0.2, 0) is 42.8 Å². The predicted molar refractivity (Wildman–Crippen MR) is 157 cm³/mol. The number of hydrogen-bond donors (Lipinski definition) is 1. The van der Waals surface area contributed by atoms with Crippen LogP contribution in [-0.4, -0.2) is 79.1 Å². The van der Waals surface area contributed by atoms with Gasteiger partial charge in [0.1, 0.15) is 12.7 Å². The van der Waals surface area contributed by atoms with Crippen LogP contribution in [0.4, 0.5) is 0 Å². The van der Waals surface area contributed by atoms with E-state index in [0.29, 0.717) is 18.4 Å². The number of cyclic esters (lactones) is 1. The van der Waals surface area contributed by atoms with Gasteiger partial charge in [0.15, 0.2) is 18.5 Å². The van der Waals surface area contributed by atoms with Gasteiger partial charge in [-0.25, -0.2) is 4.79 Å². The number of carbonyl (C=O) groups is 3. The summed E-state index contributed by atoms with van der Waals surface area (Å²) in [5, 5.41) is 12.5. The number of fused-ring (bicyclic) bond motifs is 5. The lowest BCUT2D eigenvalue weighted by molar-refractivity contribution is -0.317. The minimum absolute atomic E-state index is 0.0812. The van der Waals surface area contributed by atoms with Gasteiger partial charge < -0.3 is 33.5 Å². The molecule has 10 nitrogen and oxygen atoms in total. The Morgan fingerprint density at radius 2 is 1.66 bits per heavy atom. The van der Waals surface area contributed by atoms with E-state index in [1.54, 1.807) is 6.08 Å². The third kappa shape index (κ3) is 5.12. The highest BCUT2D eigenvalue weighted by Crippen LogP contribution is 2.70. The van der Waals surface area contributed by atoms with Crippen molar-refractivity contribution >= 4 is 17.9 Å². The maximum atomic E-state index is 12.5. The molecule has 6 rings (SSSR count). The first-order chi connectivity index (χ1) is 20.8. The van der Waals surface area contributed by atoms with E-state index in [0.717, 1.165) is 63.4 Å². The van der Waals surface area contributed by atoms with Crippen LogP contribution in [0, 0.1) is 34.5 Å². The molecule has 1 N–H and O–H groups in total. The molecule has 13 atom stereocenters. The van der Waals surface area contributed by atoms with Gasteiger partial charge in [0.2, 0.25) is 0 Å². The van der Waals surface area contributed by atoms with Gasteiger partial charge in [-0.05, 0) is 99.4 Å². The Morgan fingerprint density at radius 1 is 0.932 bits per heavy atom. The third-order valence-electron chi connectivity index (χ3n) is 12.9. The SMILES string of the molecule is CO[C@H]1[C@H](OC(C)=O)[C@H](O[C@H]2CC[C@@]3(C)[C@H](CC[C@@H]4[C@@H]3CC[C@]3(C)[C@@H](C5=CC(=O)OC5)CC[C@@]43O)C2)O[C@H](C)[C@@H]1OC(C)=O. The van der Waals surface area contributed by atoms with Crippen LogP contribution in [0.15, 0.2) is 11.6 Å². The van der Waals surface area contributed by atoms with E-state index in [4.69, 9.17) is 28.4 Å². The smallest absolute Gasteiger partial charge is 0.331 e. The minimum atomic E-state index is -0.877. The van der Waals surface area contributed by atoms with Gasteiger partial charge in [-0.2, -0.15) is 0 Å². The first-order valence-corrected chi connectivity index (χ1v) is 16.6. The summed E-state index contributed by atoms with van der Waals surface area (Å²) in [4.78, 5) is 35.7. The number of esters is 3. The Kier molecular flexibility index (Phi) is 8.46. The second kappa shape index (κ2) is 11.7. The van der Waals surface area contributed by atoms with E-state index in [2.05, 4.69) is 13.8 Å². The van der Waals surface area contributed by atoms with Crippen molar-refractivity contribution in [1.29, 1.82) is 0 Å². The molecular weight excluding hydrogens is 568 g/mol. The van der Waals surface area contributed by atoms with E-state index >= 15 is 0 Å².